The van der Waals surface area contributed by atoms with Crippen LogP contribution in [0.2, 0.25) is 5.02 Å². The first-order valence-electron chi connectivity index (χ1n) is 5.83. The van der Waals surface area contributed by atoms with E-state index in [0.29, 0.717) is 13.2 Å². The quantitative estimate of drug-likeness (QED) is 0.844. The van der Waals surface area contributed by atoms with E-state index in [1.165, 1.54) is 6.07 Å². The number of hydrogen-bond acceptors (Lipinski definition) is 2. The Morgan fingerprint density at radius 2 is 2.12 bits per heavy atom. The highest BCUT2D eigenvalue weighted by molar-refractivity contribution is 6.30. The highest BCUT2D eigenvalue weighted by Crippen LogP contribution is 2.20. The summed E-state index contributed by atoms with van der Waals surface area (Å²) in [5.41, 5.74) is 0.884. The van der Waals surface area contributed by atoms with Gasteiger partial charge < -0.3 is 10.1 Å². The normalized spacial score (nSPS) is 14.6. The number of halogens is 2. The van der Waals surface area contributed by atoms with Gasteiger partial charge in [-0.15, -0.1) is 0 Å². The predicted octanol–water partition coefficient (Wildman–Crippen LogP) is 3.55. The average Bonchev–Trinajstić information content (AvgIpc) is 2.30. The monoisotopic (exact) mass is 259 g/mol. The van der Waals surface area contributed by atoms with E-state index in [0.717, 1.165) is 5.56 Å². The summed E-state index contributed by atoms with van der Waals surface area (Å²) in [4.78, 5) is 0. The van der Waals surface area contributed by atoms with Crippen LogP contribution >= 0.6 is 11.6 Å². The molecule has 1 N–H and O–H groups in total. The number of ether oxygens (including phenoxy) is 1. The van der Waals surface area contributed by atoms with Gasteiger partial charge in [0, 0.05) is 18.7 Å². The van der Waals surface area contributed by atoms with Crippen molar-refractivity contribution in [2.75, 3.05) is 13.2 Å². The van der Waals surface area contributed by atoms with Crippen molar-refractivity contribution >= 4 is 11.6 Å². The fourth-order valence-electron chi connectivity index (χ4n) is 1.65. The van der Waals surface area contributed by atoms with Crippen molar-refractivity contribution in [2.45, 2.75) is 32.9 Å². The van der Waals surface area contributed by atoms with Crippen LogP contribution in [0.5, 0.6) is 0 Å². The summed E-state index contributed by atoms with van der Waals surface area (Å²) in [5.74, 6) is -0.379. The summed E-state index contributed by atoms with van der Waals surface area (Å²) in [6, 6.07) is 5.17. The predicted molar refractivity (Wildman–Crippen MR) is 68.9 cm³/mol. The molecule has 0 fully saturated rings. The Bertz CT molecular complexity index is 359. The van der Waals surface area contributed by atoms with Crippen LogP contribution in [-0.4, -0.2) is 19.3 Å². The molecule has 0 aromatic heterocycles. The Morgan fingerprint density at radius 1 is 1.41 bits per heavy atom. The SMILES string of the molecule is CCOCC(C)NC(C)c1ccc(Cl)c(F)c1. The zero-order valence-electron chi connectivity index (χ0n) is 10.5. The number of benzene rings is 1. The third-order valence-electron chi connectivity index (χ3n) is 2.55. The number of rotatable bonds is 6. The molecule has 0 heterocycles. The van der Waals surface area contributed by atoms with Gasteiger partial charge in [-0.2, -0.15) is 0 Å². The van der Waals surface area contributed by atoms with Gasteiger partial charge in [0.1, 0.15) is 5.82 Å². The maximum atomic E-state index is 13.3. The Balaban J connectivity index is 2.57. The lowest BCUT2D eigenvalue weighted by Crippen LogP contribution is -2.32. The lowest BCUT2D eigenvalue weighted by Gasteiger charge is -2.20. The molecule has 2 nitrogen and oxygen atoms in total. The standard InChI is InChI=1S/C13H19ClFNO/c1-4-17-8-9(2)16-10(3)11-5-6-12(14)13(15)7-11/h5-7,9-10,16H,4,8H2,1-3H3. The zero-order valence-corrected chi connectivity index (χ0v) is 11.2. The van der Waals surface area contributed by atoms with Gasteiger partial charge in [-0.05, 0) is 38.5 Å². The van der Waals surface area contributed by atoms with Crippen LogP contribution in [0, 0.1) is 5.82 Å². The molecule has 2 unspecified atom stereocenters. The van der Waals surface area contributed by atoms with E-state index >= 15 is 0 Å². The largest absolute Gasteiger partial charge is 0.380 e. The fraction of sp³-hybridized carbons (Fsp3) is 0.538. The molecule has 1 rings (SSSR count). The Kier molecular flexibility index (Phi) is 5.89. The Labute approximate surface area is 107 Å². The van der Waals surface area contributed by atoms with Gasteiger partial charge in [-0.3, -0.25) is 0 Å². The van der Waals surface area contributed by atoms with Crippen molar-refractivity contribution in [1.82, 2.24) is 5.32 Å². The summed E-state index contributed by atoms with van der Waals surface area (Å²) in [6.45, 7) is 7.35. The van der Waals surface area contributed by atoms with E-state index in [1.54, 1.807) is 6.07 Å². The molecule has 17 heavy (non-hydrogen) atoms. The van der Waals surface area contributed by atoms with Crippen LogP contribution in [0.4, 0.5) is 4.39 Å². The van der Waals surface area contributed by atoms with Gasteiger partial charge in [-0.1, -0.05) is 17.7 Å². The third kappa shape index (κ3) is 4.62. The second kappa shape index (κ2) is 6.94. The highest BCUT2D eigenvalue weighted by Gasteiger charge is 2.11. The minimum atomic E-state index is -0.379. The van der Waals surface area contributed by atoms with Gasteiger partial charge in [0.15, 0.2) is 0 Å². The van der Waals surface area contributed by atoms with E-state index in [2.05, 4.69) is 5.32 Å². The topological polar surface area (TPSA) is 21.3 Å². The molecule has 4 heteroatoms. The van der Waals surface area contributed by atoms with Crippen LogP contribution in [0.15, 0.2) is 18.2 Å². The molecule has 0 spiro atoms. The molecule has 1 aromatic rings. The lowest BCUT2D eigenvalue weighted by atomic mass is 10.1. The van der Waals surface area contributed by atoms with E-state index in [4.69, 9.17) is 16.3 Å². The first-order valence-corrected chi connectivity index (χ1v) is 6.21. The lowest BCUT2D eigenvalue weighted by molar-refractivity contribution is 0.124. The summed E-state index contributed by atoms with van der Waals surface area (Å²) < 4.78 is 18.6. The van der Waals surface area contributed by atoms with Crippen molar-refractivity contribution < 1.29 is 9.13 Å². The van der Waals surface area contributed by atoms with Crippen LogP contribution < -0.4 is 5.32 Å². The molecular weight excluding hydrogens is 241 g/mol. The van der Waals surface area contributed by atoms with E-state index in [-0.39, 0.29) is 22.9 Å². The summed E-state index contributed by atoms with van der Waals surface area (Å²) >= 11 is 5.64. The van der Waals surface area contributed by atoms with Gasteiger partial charge >= 0.3 is 0 Å². The molecule has 0 saturated carbocycles. The smallest absolute Gasteiger partial charge is 0.142 e. The van der Waals surface area contributed by atoms with Crippen LogP contribution in [0.25, 0.3) is 0 Å². The summed E-state index contributed by atoms with van der Waals surface area (Å²) in [5, 5.41) is 3.50. The van der Waals surface area contributed by atoms with Crippen molar-refractivity contribution in [3.05, 3.63) is 34.6 Å². The molecule has 0 bridgehead atoms. The minimum Gasteiger partial charge on any atom is -0.380 e. The molecule has 0 radical (unpaired) electrons. The van der Waals surface area contributed by atoms with E-state index < -0.39 is 0 Å². The van der Waals surface area contributed by atoms with E-state index in [1.807, 2.05) is 26.8 Å². The maximum absolute atomic E-state index is 13.3. The first-order chi connectivity index (χ1) is 8.04. The molecule has 0 amide bonds. The second-order valence-electron chi connectivity index (χ2n) is 4.12. The molecule has 0 aliphatic carbocycles. The Morgan fingerprint density at radius 3 is 2.71 bits per heavy atom. The van der Waals surface area contributed by atoms with E-state index in [9.17, 15) is 4.39 Å². The van der Waals surface area contributed by atoms with Crippen LogP contribution in [-0.2, 0) is 4.74 Å². The number of nitrogens with one attached hydrogen (secondary N) is 1. The zero-order chi connectivity index (χ0) is 12.8. The van der Waals surface area contributed by atoms with Crippen molar-refractivity contribution in [2.24, 2.45) is 0 Å². The molecule has 1 aromatic carbocycles. The third-order valence-corrected chi connectivity index (χ3v) is 2.86. The van der Waals surface area contributed by atoms with Gasteiger partial charge in [-0.25, -0.2) is 4.39 Å². The van der Waals surface area contributed by atoms with Gasteiger partial charge in [0.25, 0.3) is 0 Å². The van der Waals surface area contributed by atoms with Crippen molar-refractivity contribution in [1.29, 1.82) is 0 Å². The van der Waals surface area contributed by atoms with Crippen molar-refractivity contribution in [3.63, 3.8) is 0 Å². The molecule has 96 valence electrons. The van der Waals surface area contributed by atoms with Crippen molar-refractivity contribution in [3.8, 4) is 0 Å². The molecule has 2 atom stereocenters. The number of hydrogen-bond donors (Lipinski definition) is 1. The molecular formula is C13H19ClFNO. The summed E-state index contributed by atoms with van der Waals surface area (Å²) in [7, 11) is 0. The van der Waals surface area contributed by atoms with Crippen LogP contribution in [0.3, 0.4) is 0 Å². The fourth-order valence-corrected chi connectivity index (χ4v) is 1.77. The average molecular weight is 260 g/mol. The molecule has 0 saturated heterocycles. The molecule has 0 aliphatic heterocycles. The maximum Gasteiger partial charge on any atom is 0.142 e. The molecule has 0 aliphatic rings. The van der Waals surface area contributed by atoms with Crippen LogP contribution in [0.1, 0.15) is 32.4 Å². The summed E-state index contributed by atoms with van der Waals surface area (Å²) in [6.07, 6.45) is 0. The minimum absolute atomic E-state index is 0.0669. The highest BCUT2D eigenvalue weighted by atomic mass is 35.5. The van der Waals surface area contributed by atoms with Gasteiger partial charge in [0.2, 0.25) is 0 Å². The van der Waals surface area contributed by atoms with Gasteiger partial charge in [0.05, 0.1) is 11.6 Å². The Hall–Kier alpha value is -0.640. The second-order valence-corrected chi connectivity index (χ2v) is 4.53. The first kappa shape index (κ1) is 14.4.